The Hall–Kier alpha value is -1.80. The molecule has 4 atom stereocenters. The summed E-state index contributed by atoms with van der Waals surface area (Å²) in [5.41, 5.74) is 4.90. The van der Waals surface area contributed by atoms with Crippen molar-refractivity contribution < 1.29 is 4.74 Å². The molecule has 23 heavy (non-hydrogen) atoms. The summed E-state index contributed by atoms with van der Waals surface area (Å²) in [7, 11) is 0. The standard InChI is InChI=1S/C21H25NO/c1-14(2)16-10-11-19-18(13-16)21-17(9-6-12-23-21)20(22-19)15-7-4-3-5-8-15/h3-5,7,10-11,13,15,17,20-22H,1,6,8-9,12H2,2H3. The summed E-state index contributed by atoms with van der Waals surface area (Å²) in [5, 5.41) is 3.84. The van der Waals surface area contributed by atoms with Crippen molar-refractivity contribution in [2.24, 2.45) is 11.8 Å². The summed E-state index contributed by atoms with van der Waals surface area (Å²) in [5.74, 6) is 1.11. The van der Waals surface area contributed by atoms with Crippen molar-refractivity contribution in [1.29, 1.82) is 0 Å². The summed E-state index contributed by atoms with van der Waals surface area (Å²) >= 11 is 0. The Bertz CT molecular complexity index is 672. The third kappa shape index (κ3) is 2.66. The Morgan fingerprint density at radius 3 is 3.00 bits per heavy atom. The first-order valence-electron chi connectivity index (χ1n) is 8.75. The molecule has 2 aliphatic heterocycles. The van der Waals surface area contributed by atoms with Gasteiger partial charge in [0.2, 0.25) is 0 Å². The van der Waals surface area contributed by atoms with Crippen LogP contribution >= 0.6 is 0 Å². The maximum atomic E-state index is 6.25. The average molecular weight is 307 g/mol. The van der Waals surface area contributed by atoms with E-state index >= 15 is 0 Å². The average Bonchev–Trinajstić information content (AvgIpc) is 2.61. The van der Waals surface area contributed by atoms with Crippen LogP contribution in [0.15, 0.2) is 49.1 Å². The molecule has 120 valence electrons. The van der Waals surface area contributed by atoms with Crippen molar-refractivity contribution in [2.75, 3.05) is 11.9 Å². The second-order valence-electron chi connectivity index (χ2n) is 7.06. The van der Waals surface area contributed by atoms with Gasteiger partial charge in [0, 0.05) is 35.7 Å². The SMILES string of the molecule is C=C(C)c1ccc2c(c1)C1OCCCC1C(C1C=CC=CC1)N2. The normalized spacial score (nSPS) is 31.9. The molecule has 1 aromatic carbocycles. The van der Waals surface area contributed by atoms with E-state index in [0.717, 1.165) is 18.6 Å². The molecule has 0 radical (unpaired) electrons. The highest BCUT2D eigenvalue weighted by Crippen LogP contribution is 2.47. The van der Waals surface area contributed by atoms with Gasteiger partial charge in [-0.05, 0) is 43.9 Å². The number of hydrogen-bond donors (Lipinski definition) is 1. The summed E-state index contributed by atoms with van der Waals surface area (Å²) in [6.45, 7) is 7.04. The van der Waals surface area contributed by atoms with Crippen LogP contribution in [-0.2, 0) is 4.74 Å². The summed E-state index contributed by atoms with van der Waals surface area (Å²) in [4.78, 5) is 0. The fourth-order valence-electron chi connectivity index (χ4n) is 4.26. The van der Waals surface area contributed by atoms with E-state index in [-0.39, 0.29) is 6.10 Å². The van der Waals surface area contributed by atoms with Gasteiger partial charge in [0.25, 0.3) is 0 Å². The maximum absolute atomic E-state index is 6.25. The van der Waals surface area contributed by atoms with E-state index in [1.165, 1.54) is 29.7 Å². The van der Waals surface area contributed by atoms with Gasteiger partial charge >= 0.3 is 0 Å². The van der Waals surface area contributed by atoms with Crippen LogP contribution < -0.4 is 5.32 Å². The van der Waals surface area contributed by atoms with Crippen molar-refractivity contribution in [3.8, 4) is 0 Å². The molecule has 2 heterocycles. The van der Waals surface area contributed by atoms with Gasteiger partial charge in [-0.3, -0.25) is 0 Å². The largest absolute Gasteiger partial charge is 0.381 e. The highest BCUT2D eigenvalue weighted by Gasteiger charge is 2.41. The lowest BCUT2D eigenvalue weighted by Gasteiger charge is -2.45. The first-order chi connectivity index (χ1) is 11.2. The van der Waals surface area contributed by atoms with Crippen LogP contribution in [0.3, 0.4) is 0 Å². The third-order valence-electron chi connectivity index (χ3n) is 5.48. The van der Waals surface area contributed by atoms with Gasteiger partial charge in [-0.1, -0.05) is 42.5 Å². The highest BCUT2D eigenvalue weighted by atomic mass is 16.5. The molecule has 0 amide bonds. The van der Waals surface area contributed by atoms with Gasteiger partial charge in [-0.15, -0.1) is 0 Å². The van der Waals surface area contributed by atoms with Gasteiger partial charge in [-0.25, -0.2) is 0 Å². The lowest BCUT2D eigenvalue weighted by Crippen LogP contribution is -2.45. The molecule has 0 saturated carbocycles. The Balaban J connectivity index is 1.72. The quantitative estimate of drug-likeness (QED) is 0.819. The topological polar surface area (TPSA) is 21.3 Å². The summed E-state index contributed by atoms with van der Waals surface area (Å²) in [6, 6.07) is 7.12. The molecule has 1 N–H and O–H groups in total. The molecule has 3 aliphatic rings. The predicted molar refractivity (Wildman–Crippen MR) is 96.4 cm³/mol. The Kier molecular flexibility index (Phi) is 3.86. The van der Waals surface area contributed by atoms with Crippen molar-refractivity contribution >= 4 is 11.3 Å². The lowest BCUT2D eigenvalue weighted by molar-refractivity contribution is -0.0418. The highest BCUT2D eigenvalue weighted by molar-refractivity contribution is 5.67. The van der Waals surface area contributed by atoms with Crippen molar-refractivity contribution in [3.63, 3.8) is 0 Å². The minimum atomic E-state index is 0.226. The molecule has 4 unspecified atom stereocenters. The minimum absolute atomic E-state index is 0.226. The number of benzene rings is 1. The molecular formula is C21H25NO. The first kappa shape index (κ1) is 14.8. The van der Waals surface area contributed by atoms with Gasteiger partial charge < -0.3 is 10.1 Å². The minimum Gasteiger partial charge on any atom is -0.381 e. The van der Waals surface area contributed by atoms with E-state index in [4.69, 9.17) is 4.74 Å². The molecule has 4 rings (SSSR count). The fraction of sp³-hybridized carbons (Fsp3) is 0.429. The molecule has 1 saturated heterocycles. The predicted octanol–water partition coefficient (Wildman–Crippen LogP) is 5.11. The monoisotopic (exact) mass is 307 g/mol. The Morgan fingerprint density at radius 1 is 1.30 bits per heavy atom. The molecular weight excluding hydrogens is 282 g/mol. The molecule has 2 heteroatoms. The number of ether oxygens (including phenoxy) is 1. The molecule has 1 aromatic rings. The van der Waals surface area contributed by atoms with Crippen LogP contribution in [0.4, 0.5) is 5.69 Å². The van der Waals surface area contributed by atoms with Crippen LogP contribution in [-0.4, -0.2) is 12.6 Å². The van der Waals surface area contributed by atoms with Gasteiger partial charge in [0.05, 0.1) is 6.10 Å². The molecule has 0 bridgehead atoms. The number of hydrogen-bond acceptors (Lipinski definition) is 2. The van der Waals surface area contributed by atoms with E-state index in [0.29, 0.717) is 17.9 Å². The zero-order chi connectivity index (χ0) is 15.8. The van der Waals surface area contributed by atoms with Crippen molar-refractivity contribution in [3.05, 3.63) is 60.2 Å². The van der Waals surface area contributed by atoms with Gasteiger partial charge in [0.1, 0.15) is 0 Å². The summed E-state index contributed by atoms with van der Waals surface area (Å²) < 4.78 is 6.25. The zero-order valence-corrected chi connectivity index (χ0v) is 13.8. The zero-order valence-electron chi connectivity index (χ0n) is 13.8. The number of rotatable bonds is 2. The lowest BCUT2D eigenvalue weighted by atomic mass is 9.73. The van der Waals surface area contributed by atoms with E-state index in [9.17, 15) is 0 Å². The number of allylic oxidation sites excluding steroid dienone is 4. The van der Waals surface area contributed by atoms with Gasteiger partial charge in [0.15, 0.2) is 0 Å². The van der Waals surface area contributed by atoms with Crippen LogP contribution in [0, 0.1) is 11.8 Å². The van der Waals surface area contributed by atoms with Crippen LogP contribution in [0.1, 0.15) is 43.4 Å². The molecule has 0 aromatic heterocycles. The Morgan fingerprint density at radius 2 is 2.22 bits per heavy atom. The van der Waals surface area contributed by atoms with Crippen LogP contribution in [0.2, 0.25) is 0 Å². The van der Waals surface area contributed by atoms with Crippen LogP contribution in [0.5, 0.6) is 0 Å². The smallest absolute Gasteiger partial charge is 0.0892 e. The second kappa shape index (κ2) is 6.01. The fourth-order valence-corrected chi connectivity index (χ4v) is 4.26. The van der Waals surface area contributed by atoms with E-state index in [1.807, 2.05) is 0 Å². The Labute approximate surface area is 138 Å². The van der Waals surface area contributed by atoms with Crippen molar-refractivity contribution in [2.45, 2.75) is 38.3 Å². The van der Waals surface area contributed by atoms with Crippen molar-refractivity contribution in [1.82, 2.24) is 0 Å². The first-order valence-corrected chi connectivity index (χ1v) is 8.75. The number of nitrogens with one attached hydrogen (secondary N) is 1. The number of anilines is 1. The van der Waals surface area contributed by atoms with Gasteiger partial charge in [-0.2, -0.15) is 0 Å². The number of fused-ring (bicyclic) bond motifs is 3. The van der Waals surface area contributed by atoms with E-state index in [1.54, 1.807) is 0 Å². The molecule has 2 nitrogen and oxygen atoms in total. The van der Waals surface area contributed by atoms with E-state index in [2.05, 4.69) is 61.3 Å². The van der Waals surface area contributed by atoms with E-state index < -0.39 is 0 Å². The second-order valence-corrected chi connectivity index (χ2v) is 7.06. The maximum Gasteiger partial charge on any atom is 0.0892 e. The van der Waals surface area contributed by atoms with Crippen LogP contribution in [0.25, 0.3) is 5.57 Å². The molecule has 0 spiro atoms. The third-order valence-corrected chi connectivity index (χ3v) is 5.48. The molecule has 1 fully saturated rings. The molecule has 1 aliphatic carbocycles. The summed E-state index contributed by atoms with van der Waals surface area (Å²) in [6.07, 6.45) is 12.7.